The molecule has 1 rings (SSSR count). The lowest BCUT2D eigenvalue weighted by molar-refractivity contribution is -0.385. The lowest BCUT2D eigenvalue weighted by Gasteiger charge is -2.15. The van der Waals surface area contributed by atoms with Gasteiger partial charge in [0.2, 0.25) is 0 Å². The van der Waals surface area contributed by atoms with Crippen LogP contribution in [0.2, 0.25) is 0 Å². The van der Waals surface area contributed by atoms with E-state index < -0.39 is 23.6 Å². The van der Waals surface area contributed by atoms with Crippen LogP contribution in [0.25, 0.3) is 0 Å². The van der Waals surface area contributed by atoms with Gasteiger partial charge in [-0.05, 0) is 13.0 Å². The molecule has 5 nitrogen and oxygen atoms in total. The van der Waals surface area contributed by atoms with Gasteiger partial charge in [-0.15, -0.1) is 0 Å². The molecule has 0 saturated heterocycles. The molecule has 0 spiro atoms. The van der Waals surface area contributed by atoms with Crippen LogP contribution in [-0.2, 0) is 0 Å². The van der Waals surface area contributed by atoms with Crippen molar-refractivity contribution in [3.05, 3.63) is 28.4 Å². The molecule has 17 heavy (non-hydrogen) atoms. The van der Waals surface area contributed by atoms with Crippen molar-refractivity contribution in [3.63, 3.8) is 0 Å². The van der Waals surface area contributed by atoms with Crippen LogP contribution in [0.1, 0.15) is 13.3 Å². The Labute approximate surface area is 94.8 Å². The number of hydrogen-bond acceptors (Lipinski definition) is 4. The number of nitrogens with one attached hydrogen (secondary N) is 1. The zero-order chi connectivity index (χ0) is 13.1. The molecule has 1 N–H and O–H groups in total. The van der Waals surface area contributed by atoms with Gasteiger partial charge in [-0.3, -0.25) is 10.1 Å². The molecule has 0 amide bonds. The topological polar surface area (TPSA) is 68.1 Å². The number of aromatic nitrogens is 1. The highest BCUT2D eigenvalue weighted by molar-refractivity contribution is 5.40. The summed E-state index contributed by atoms with van der Waals surface area (Å²) < 4.78 is 36.1. The minimum atomic E-state index is -4.26. The van der Waals surface area contributed by atoms with E-state index in [1.807, 2.05) is 0 Å². The SMILES string of the molecule is CC(CC(F)(F)F)Nc1ccc([N+](=O)[O-])cn1. The Morgan fingerprint density at radius 2 is 2.18 bits per heavy atom. The second-order valence-corrected chi connectivity index (χ2v) is 3.52. The molecule has 0 saturated carbocycles. The monoisotopic (exact) mass is 249 g/mol. The third-order valence-corrected chi connectivity index (χ3v) is 1.89. The van der Waals surface area contributed by atoms with Crippen LogP contribution in [0.5, 0.6) is 0 Å². The summed E-state index contributed by atoms with van der Waals surface area (Å²) in [5.74, 6) is 0.173. The van der Waals surface area contributed by atoms with Crippen LogP contribution in [0.15, 0.2) is 18.3 Å². The molecule has 1 aromatic rings. The molecule has 0 aliphatic heterocycles. The van der Waals surface area contributed by atoms with E-state index in [9.17, 15) is 23.3 Å². The van der Waals surface area contributed by atoms with Gasteiger partial charge in [-0.2, -0.15) is 13.2 Å². The van der Waals surface area contributed by atoms with Gasteiger partial charge in [0.25, 0.3) is 5.69 Å². The van der Waals surface area contributed by atoms with E-state index >= 15 is 0 Å². The average Bonchev–Trinajstić information content (AvgIpc) is 2.15. The number of rotatable bonds is 4. The molecule has 1 atom stereocenters. The van der Waals surface area contributed by atoms with E-state index in [0.717, 1.165) is 6.20 Å². The fraction of sp³-hybridized carbons (Fsp3) is 0.444. The lowest BCUT2D eigenvalue weighted by atomic mass is 10.2. The minimum absolute atomic E-state index is 0.173. The van der Waals surface area contributed by atoms with Crippen molar-refractivity contribution >= 4 is 11.5 Å². The summed E-state index contributed by atoms with van der Waals surface area (Å²) in [4.78, 5) is 13.3. The van der Waals surface area contributed by atoms with Gasteiger partial charge in [-0.1, -0.05) is 0 Å². The van der Waals surface area contributed by atoms with Crippen molar-refractivity contribution in [2.45, 2.75) is 25.6 Å². The molecule has 0 fully saturated rings. The van der Waals surface area contributed by atoms with E-state index in [0.29, 0.717) is 0 Å². The van der Waals surface area contributed by atoms with Crippen molar-refractivity contribution in [2.24, 2.45) is 0 Å². The Balaban J connectivity index is 2.60. The van der Waals surface area contributed by atoms with Crippen LogP contribution >= 0.6 is 0 Å². The summed E-state index contributed by atoms with van der Waals surface area (Å²) >= 11 is 0. The molecule has 0 aromatic carbocycles. The van der Waals surface area contributed by atoms with Gasteiger partial charge in [0, 0.05) is 12.1 Å². The standard InChI is InChI=1S/C9H10F3N3O2/c1-6(4-9(10,11)12)14-8-3-2-7(5-13-8)15(16)17/h2-3,5-6H,4H2,1H3,(H,13,14). The first kappa shape index (κ1) is 13.2. The van der Waals surface area contributed by atoms with Crippen LogP contribution in [-0.4, -0.2) is 22.1 Å². The quantitative estimate of drug-likeness (QED) is 0.658. The zero-order valence-electron chi connectivity index (χ0n) is 8.86. The number of halogens is 3. The van der Waals surface area contributed by atoms with Crippen molar-refractivity contribution < 1.29 is 18.1 Å². The molecule has 0 bridgehead atoms. The molecule has 94 valence electrons. The van der Waals surface area contributed by atoms with Crippen LogP contribution < -0.4 is 5.32 Å². The second kappa shape index (κ2) is 4.98. The van der Waals surface area contributed by atoms with Crippen molar-refractivity contribution in [2.75, 3.05) is 5.32 Å². The first-order valence-electron chi connectivity index (χ1n) is 4.71. The Morgan fingerprint density at radius 1 is 1.53 bits per heavy atom. The number of pyridine rings is 1. The Hall–Kier alpha value is -1.86. The number of hydrogen-bond donors (Lipinski definition) is 1. The Kier molecular flexibility index (Phi) is 3.87. The number of anilines is 1. The molecular formula is C9H10F3N3O2. The number of nitro groups is 1. The molecular weight excluding hydrogens is 239 g/mol. The van der Waals surface area contributed by atoms with E-state index in [1.54, 1.807) is 0 Å². The van der Waals surface area contributed by atoms with Gasteiger partial charge in [-0.25, -0.2) is 4.98 Å². The van der Waals surface area contributed by atoms with Gasteiger partial charge in [0.15, 0.2) is 0 Å². The van der Waals surface area contributed by atoms with E-state index in [2.05, 4.69) is 10.3 Å². The third kappa shape index (κ3) is 4.66. The summed E-state index contributed by atoms with van der Waals surface area (Å²) in [6.45, 7) is 1.36. The molecule has 1 unspecified atom stereocenters. The average molecular weight is 249 g/mol. The summed E-state index contributed by atoms with van der Waals surface area (Å²) in [6, 6.07) is 1.60. The summed E-state index contributed by atoms with van der Waals surface area (Å²) in [5.41, 5.74) is -0.209. The van der Waals surface area contributed by atoms with Gasteiger partial charge < -0.3 is 5.32 Å². The van der Waals surface area contributed by atoms with Crippen molar-refractivity contribution in [1.29, 1.82) is 0 Å². The largest absolute Gasteiger partial charge is 0.391 e. The fourth-order valence-corrected chi connectivity index (χ4v) is 1.23. The number of nitrogens with zero attached hydrogens (tertiary/aromatic N) is 2. The maximum Gasteiger partial charge on any atom is 0.391 e. The van der Waals surface area contributed by atoms with Crippen molar-refractivity contribution in [1.82, 2.24) is 4.98 Å². The zero-order valence-corrected chi connectivity index (χ0v) is 8.86. The predicted octanol–water partition coefficient (Wildman–Crippen LogP) is 2.74. The fourth-order valence-electron chi connectivity index (χ4n) is 1.23. The molecule has 1 heterocycles. The molecule has 1 aromatic heterocycles. The van der Waals surface area contributed by atoms with Crippen LogP contribution in [0.4, 0.5) is 24.7 Å². The first-order valence-corrected chi connectivity index (χ1v) is 4.71. The lowest BCUT2D eigenvalue weighted by Crippen LogP contribution is -2.24. The maximum absolute atomic E-state index is 12.0. The molecule has 0 aliphatic carbocycles. The predicted molar refractivity (Wildman–Crippen MR) is 54.6 cm³/mol. The van der Waals surface area contributed by atoms with Gasteiger partial charge in [0.1, 0.15) is 12.0 Å². The normalized spacial score (nSPS) is 13.2. The smallest absolute Gasteiger partial charge is 0.367 e. The van der Waals surface area contributed by atoms with E-state index in [4.69, 9.17) is 0 Å². The highest BCUT2D eigenvalue weighted by Gasteiger charge is 2.30. The number of alkyl halides is 3. The van der Waals surface area contributed by atoms with Gasteiger partial charge >= 0.3 is 6.18 Å². The highest BCUT2D eigenvalue weighted by Crippen LogP contribution is 2.23. The summed E-state index contributed by atoms with van der Waals surface area (Å²) in [7, 11) is 0. The highest BCUT2D eigenvalue weighted by atomic mass is 19.4. The third-order valence-electron chi connectivity index (χ3n) is 1.89. The minimum Gasteiger partial charge on any atom is -0.367 e. The first-order chi connectivity index (χ1) is 7.78. The summed E-state index contributed by atoms with van der Waals surface area (Å²) in [6.07, 6.45) is -4.26. The Morgan fingerprint density at radius 3 is 2.59 bits per heavy atom. The van der Waals surface area contributed by atoms with Crippen molar-refractivity contribution in [3.8, 4) is 0 Å². The second-order valence-electron chi connectivity index (χ2n) is 3.52. The van der Waals surface area contributed by atoms with Crippen LogP contribution in [0.3, 0.4) is 0 Å². The van der Waals surface area contributed by atoms with Crippen LogP contribution in [0, 0.1) is 10.1 Å². The van der Waals surface area contributed by atoms with E-state index in [-0.39, 0.29) is 11.5 Å². The summed E-state index contributed by atoms with van der Waals surface area (Å²) in [5, 5.41) is 12.8. The Bertz CT molecular complexity index is 391. The van der Waals surface area contributed by atoms with Gasteiger partial charge in [0.05, 0.1) is 11.3 Å². The molecule has 0 aliphatic rings. The maximum atomic E-state index is 12.0. The molecule has 8 heteroatoms. The molecule has 0 radical (unpaired) electrons. The van der Waals surface area contributed by atoms with E-state index in [1.165, 1.54) is 19.1 Å².